The number of rotatable bonds is 5. The van der Waals surface area contributed by atoms with Crippen LogP contribution in [0, 0.1) is 5.92 Å². The van der Waals surface area contributed by atoms with Crippen molar-refractivity contribution in [3.05, 3.63) is 35.7 Å². The van der Waals surface area contributed by atoms with Gasteiger partial charge < -0.3 is 14.6 Å². The molecule has 0 spiro atoms. The van der Waals surface area contributed by atoms with Crippen LogP contribution in [-0.4, -0.2) is 30.2 Å². The average Bonchev–Trinajstić information content (AvgIpc) is 3.08. The van der Waals surface area contributed by atoms with Crippen LogP contribution in [0.15, 0.2) is 40.1 Å². The molecule has 0 bridgehead atoms. The number of carbonyl (C=O) groups is 1. The topological polar surface area (TPSA) is 80.5 Å². The van der Waals surface area contributed by atoms with Crippen molar-refractivity contribution in [1.82, 2.24) is 0 Å². The second kappa shape index (κ2) is 5.05. The summed E-state index contributed by atoms with van der Waals surface area (Å²) in [7, 11) is 0. The van der Waals surface area contributed by atoms with E-state index in [1.807, 2.05) is 6.07 Å². The maximum atomic E-state index is 11.1. The Morgan fingerprint density at radius 3 is 3.00 bits per heavy atom. The fourth-order valence-electron chi connectivity index (χ4n) is 2.58. The van der Waals surface area contributed by atoms with E-state index in [0.29, 0.717) is 11.6 Å². The van der Waals surface area contributed by atoms with Gasteiger partial charge in [-0.15, -0.1) is 0 Å². The molecular formula is C15H14N2O4. The van der Waals surface area contributed by atoms with Gasteiger partial charge in [0, 0.05) is 11.5 Å². The largest absolute Gasteiger partial charge is 0.489 e. The van der Waals surface area contributed by atoms with E-state index < -0.39 is 11.9 Å². The lowest BCUT2D eigenvalue weighted by Crippen LogP contribution is -2.08. The highest BCUT2D eigenvalue weighted by molar-refractivity contribution is 5.79. The van der Waals surface area contributed by atoms with Gasteiger partial charge in [-0.3, -0.25) is 9.79 Å². The summed E-state index contributed by atoms with van der Waals surface area (Å²) >= 11 is 0. The Bertz CT molecular complexity index is 666. The number of benzene rings is 1. The van der Waals surface area contributed by atoms with Crippen LogP contribution in [0.2, 0.25) is 0 Å². The van der Waals surface area contributed by atoms with Crippen LogP contribution in [0.1, 0.15) is 18.4 Å². The van der Waals surface area contributed by atoms with E-state index in [9.17, 15) is 4.79 Å². The van der Waals surface area contributed by atoms with Gasteiger partial charge in [0.25, 0.3) is 0 Å². The molecule has 0 radical (unpaired) electrons. The summed E-state index contributed by atoms with van der Waals surface area (Å²) in [5.41, 5.74) is 0.881. The average molecular weight is 286 g/mol. The van der Waals surface area contributed by atoms with Crippen LogP contribution in [0.5, 0.6) is 11.5 Å². The minimum absolute atomic E-state index is 0.0755. The summed E-state index contributed by atoms with van der Waals surface area (Å²) in [4.78, 5) is 18.6. The van der Waals surface area contributed by atoms with E-state index in [-0.39, 0.29) is 12.0 Å². The first kappa shape index (κ1) is 13.4. The molecule has 1 N–H and O–H groups in total. The van der Waals surface area contributed by atoms with Crippen molar-refractivity contribution in [2.75, 3.05) is 0 Å². The zero-order valence-electron chi connectivity index (χ0n) is 11.4. The van der Waals surface area contributed by atoms with Gasteiger partial charge in [-0.1, -0.05) is 0 Å². The Kier molecular flexibility index (Phi) is 3.21. The zero-order valence-corrected chi connectivity index (χ0v) is 11.4. The van der Waals surface area contributed by atoms with Crippen LogP contribution >= 0.6 is 0 Å². The maximum Gasteiger partial charge on any atom is 0.311 e. The van der Waals surface area contributed by atoms with Crippen molar-refractivity contribution in [1.29, 1.82) is 0 Å². The van der Waals surface area contributed by atoms with Crippen LogP contribution in [0.3, 0.4) is 0 Å². The molecule has 1 saturated carbocycles. The maximum absolute atomic E-state index is 11.1. The van der Waals surface area contributed by atoms with E-state index in [4.69, 9.17) is 14.6 Å². The van der Waals surface area contributed by atoms with E-state index in [1.165, 1.54) is 6.34 Å². The molecule has 1 aromatic carbocycles. The van der Waals surface area contributed by atoms with Gasteiger partial charge in [0.05, 0.1) is 0 Å². The lowest BCUT2D eigenvalue weighted by Gasteiger charge is -2.09. The number of ether oxygens (including phenoxy) is 2. The molecule has 1 aromatic rings. The number of fused-ring (bicyclic) bond motifs is 3. The number of aliphatic carboxylic acids is 1. The second-order valence-corrected chi connectivity index (χ2v) is 4.83. The molecule has 3 atom stereocenters. The molecule has 2 aliphatic rings. The van der Waals surface area contributed by atoms with Crippen molar-refractivity contribution < 1.29 is 19.4 Å². The number of hydrogen-bond donors (Lipinski definition) is 1. The summed E-state index contributed by atoms with van der Waals surface area (Å²) in [6.07, 6.45) is 2.76. The molecule has 0 amide bonds. The quantitative estimate of drug-likeness (QED) is 0.511. The van der Waals surface area contributed by atoms with E-state index in [2.05, 4.69) is 16.7 Å². The smallest absolute Gasteiger partial charge is 0.311 e. The van der Waals surface area contributed by atoms with Gasteiger partial charge in [-0.25, -0.2) is 4.99 Å². The van der Waals surface area contributed by atoms with Gasteiger partial charge in [-0.2, -0.15) is 0 Å². The second-order valence-electron chi connectivity index (χ2n) is 4.83. The van der Waals surface area contributed by atoms with Crippen molar-refractivity contribution in [2.24, 2.45) is 15.9 Å². The Morgan fingerprint density at radius 2 is 2.33 bits per heavy atom. The normalized spacial score (nSPS) is 26.0. The van der Waals surface area contributed by atoms with Crippen molar-refractivity contribution in [3.63, 3.8) is 0 Å². The van der Waals surface area contributed by atoms with Crippen LogP contribution in [-0.2, 0) is 4.79 Å². The molecule has 0 saturated heterocycles. The first-order valence-corrected chi connectivity index (χ1v) is 6.51. The molecule has 1 aliphatic carbocycles. The SMILES string of the molecule is C=NC=N/C(=C\C)Oc1ccc2c(c1)[C@@H]1[C@H](O2)[C@H]1C(=O)O. The summed E-state index contributed by atoms with van der Waals surface area (Å²) in [6.45, 7) is 5.10. The van der Waals surface area contributed by atoms with Crippen LogP contribution in [0.25, 0.3) is 0 Å². The predicted molar refractivity (Wildman–Crippen MR) is 77.2 cm³/mol. The monoisotopic (exact) mass is 286 g/mol. The number of carboxylic acids is 1. The Hall–Kier alpha value is -2.63. The molecule has 21 heavy (non-hydrogen) atoms. The van der Waals surface area contributed by atoms with Crippen molar-refractivity contribution in [3.8, 4) is 11.5 Å². The molecule has 1 aliphatic heterocycles. The predicted octanol–water partition coefficient (Wildman–Crippen LogP) is 2.21. The number of carboxylic acid groups (broad SMARTS) is 1. The van der Waals surface area contributed by atoms with Gasteiger partial charge in [0.2, 0.25) is 5.88 Å². The number of allylic oxidation sites excluding steroid dienone is 1. The first-order valence-electron chi connectivity index (χ1n) is 6.51. The third kappa shape index (κ3) is 2.29. The van der Waals surface area contributed by atoms with Gasteiger partial charge in [0.1, 0.15) is 29.9 Å². The van der Waals surface area contributed by atoms with Crippen molar-refractivity contribution >= 4 is 19.0 Å². The molecule has 1 fully saturated rings. The summed E-state index contributed by atoms with van der Waals surface area (Å²) in [5, 5.41) is 9.08. The minimum Gasteiger partial charge on any atom is -0.489 e. The molecule has 0 unspecified atom stereocenters. The van der Waals surface area contributed by atoms with Crippen molar-refractivity contribution in [2.45, 2.75) is 18.9 Å². The molecular weight excluding hydrogens is 272 g/mol. The molecule has 6 heteroatoms. The summed E-state index contributed by atoms with van der Waals surface area (Å²) in [6, 6.07) is 5.36. The van der Waals surface area contributed by atoms with Gasteiger partial charge in [-0.05, 0) is 37.9 Å². The highest BCUT2D eigenvalue weighted by Gasteiger charge is 2.63. The number of nitrogens with zero attached hydrogens (tertiary/aromatic N) is 2. The van der Waals surface area contributed by atoms with E-state index in [0.717, 1.165) is 11.3 Å². The highest BCUT2D eigenvalue weighted by Crippen LogP contribution is 2.58. The van der Waals surface area contributed by atoms with E-state index in [1.54, 1.807) is 25.1 Å². The first-order chi connectivity index (χ1) is 10.2. The molecule has 0 aromatic heterocycles. The zero-order chi connectivity index (χ0) is 15.0. The van der Waals surface area contributed by atoms with E-state index >= 15 is 0 Å². The Morgan fingerprint density at radius 1 is 1.52 bits per heavy atom. The molecule has 6 nitrogen and oxygen atoms in total. The minimum atomic E-state index is -0.822. The third-order valence-electron chi connectivity index (χ3n) is 3.58. The van der Waals surface area contributed by atoms with Gasteiger partial charge in [0.15, 0.2) is 0 Å². The standard InChI is InChI=1S/C15H14N2O4/c1-3-11(17-7-16-2)20-8-4-5-10-9(6-8)12-13(15(18)19)14(12)21-10/h3-7,12-14H,2H2,1H3,(H,18,19)/b11-3+,17-7?/t12-,13-,14-/m0/s1. The van der Waals surface area contributed by atoms with Gasteiger partial charge >= 0.3 is 5.97 Å². The summed E-state index contributed by atoms with van der Waals surface area (Å²) in [5.74, 6) is 0.364. The fraction of sp³-hybridized carbons (Fsp3) is 0.267. The molecule has 3 rings (SSSR count). The molecule has 1 heterocycles. The Labute approximate surface area is 121 Å². The number of hydrogen-bond acceptors (Lipinski definition) is 4. The summed E-state index contributed by atoms with van der Waals surface area (Å²) < 4.78 is 11.2. The number of aliphatic imine (C=N–C) groups is 2. The lowest BCUT2D eigenvalue weighted by molar-refractivity contribution is -0.139. The third-order valence-corrected chi connectivity index (χ3v) is 3.58. The lowest BCUT2D eigenvalue weighted by atomic mass is 10.1. The van der Waals surface area contributed by atoms with Crippen LogP contribution in [0.4, 0.5) is 0 Å². The molecule has 108 valence electrons. The fourth-order valence-corrected chi connectivity index (χ4v) is 2.58. The highest BCUT2D eigenvalue weighted by atomic mass is 16.5. The van der Waals surface area contributed by atoms with Crippen LogP contribution < -0.4 is 9.47 Å². The Balaban J connectivity index is 1.80.